The van der Waals surface area contributed by atoms with Gasteiger partial charge in [-0.2, -0.15) is 0 Å². The average molecular weight is 241 g/mol. The SMILES string of the molecule is BrC(CCc1cncnc1)C1CC1. The summed E-state index contributed by atoms with van der Waals surface area (Å²) < 4.78 is 0. The fourth-order valence-electron chi connectivity index (χ4n) is 1.46. The normalized spacial score (nSPS) is 18.5. The molecule has 70 valence electrons. The van der Waals surface area contributed by atoms with Crippen molar-refractivity contribution >= 4 is 15.9 Å². The Hall–Kier alpha value is -0.440. The van der Waals surface area contributed by atoms with Gasteiger partial charge in [0.25, 0.3) is 0 Å². The number of rotatable bonds is 4. The minimum Gasteiger partial charge on any atom is -0.245 e. The Balaban J connectivity index is 1.78. The Morgan fingerprint density at radius 2 is 2.08 bits per heavy atom. The zero-order valence-corrected chi connectivity index (χ0v) is 9.07. The summed E-state index contributed by atoms with van der Waals surface area (Å²) in [5.74, 6) is 0.935. The van der Waals surface area contributed by atoms with Crippen LogP contribution in [0.1, 0.15) is 24.8 Å². The van der Waals surface area contributed by atoms with Gasteiger partial charge in [0.2, 0.25) is 0 Å². The number of alkyl halides is 1. The van der Waals surface area contributed by atoms with Gasteiger partial charge in [0, 0.05) is 17.2 Å². The van der Waals surface area contributed by atoms with Gasteiger partial charge >= 0.3 is 0 Å². The first-order chi connectivity index (χ1) is 6.36. The zero-order chi connectivity index (χ0) is 9.10. The Morgan fingerprint density at radius 1 is 1.38 bits per heavy atom. The Bertz CT molecular complexity index is 259. The van der Waals surface area contributed by atoms with Crippen LogP contribution in [0.3, 0.4) is 0 Å². The predicted octanol–water partition coefficient (Wildman–Crippen LogP) is 2.58. The second-order valence-electron chi connectivity index (χ2n) is 3.64. The fourth-order valence-corrected chi connectivity index (χ4v) is 2.21. The third kappa shape index (κ3) is 2.76. The standard InChI is InChI=1S/C10H13BrN2/c11-10(9-2-3-9)4-1-8-5-12-7-13-6-8/h5-7,9-10H,1-4H2. The molecule has 1 unspecified atom stereocenters. The highest BCUT2D eigenvalue weighted by atomic mass is 79.9. The molecular weight excluding hydrogens is 228 g/mol. The first-order valence-electron chi connectivity index (χ1n) is 4.74. The molecule has 0 radical (unpaired) electrons. The van der Waals surface area contributed by atoms with Crippen LogP contribution in [0.5, 0.6) is 0 Å². The Morgan fingerprint density at radius 3 is 2.69 bits per heavy atom. The van der Waals surface area contributed by atoms with Crippen molar-refractivity contribution in [1.29, 1.82) is 0 Å². The fraction of sp³-hybridized carbons (Fsp3) is 0.600. The molecule has 0 bridgehead atoms. The number of aromatic nitrogens is 2. The Labute approximate surface area is 86.9 Å². The number of aryl methyl sites for hydroxylation is 1. The van der Waals surface area contributed by atoms with E-state index in [9.17, 15) is 0 Å². The molecule has 2 nitrogen and oxygen atoms in total. The third-order valence-electron chi connectivity index (χ3n) is 2.46. The molecule has 1 atom stereocenters. The van der Waals surface area contributed by atoms with E-state index >= 15 is 0 Å². The highest BCUT2D eigenvalue weighted by Crippen LogP contribution is 2.38. The first kappa shape index (κ1) is 9.13. The van der Waals surface area contributed by atoms with E-state index in [1.54, 1.807) is 6.33 Å². The summed E-state index contributed by atoms with van der Waals surface area (Å²) in [4.78, 5) is 8.69. The van der Waals surface area contributed by atoms with Gasteiger partial charge in [-0.3, -0.25) is 0 Å². The molecule has 0 saturated heterocycles. The summed E-state index contributed by atoms with van der Waals surface area (Å²) in [6.45, 7) is 0. The van der Waals surface area contributed by atoms with Crippen LogP contribution in [0.25, 0.3) is 0 Å². The van der Waals surface area contributed by atoms with Crippen molar-refractivity contribution in [2.75, 3.05) is 0 Å². The highest BCUT2D eigenvalue weighted by molar-refractivity contribution is 9.09. The molecule has 0 amide bonds. The van der Waals surface area contributed by atoms with Gasteiger partial charge in [-0.05, 0) is 37.2 Å². The van der Waals surface area contributed by atoms with Crippen molar-refractivity contribution in [3.05, 3.63) is 24.3 Å². The lowest BCUT2D eigenvalue weighted by Crippen LogP contribution is -2.02. The van der Waals surface area contributed by atoms with Gasteiger partial charge in [-0.25, -0.2) is 9.97 Å². The van der Waals surface area contributed by atoms with Crippen molar-refractivity contribution < 1.29 is 0 Å². The van der Waals surface area contributed by atoms with Gasteiger partial charge in [-0.15, -0.1) is 0 Å². The predicted molar refractivity (Wildman–Crippen MR) is 55.8 cm³/mol. The van der Waals surface area contributed by atoms with E-state index in [0.29, 0.717) is 4.83 Å². The molecule has 1 fully saturated rings. The van der Waals surface area contributed by atoms with E-state index in [2.05, 4.69) is 25.9 Å². The van der Waals surface area contributed by atoms with E-state index < -0.39 is 0 Å². The third-order valence-corrected chi connectivity index (χ3v) is 3.66. The van der Waals surface area contributed by atoms with Crippen LogP contribution in [0.2, 0.25) is 0 Å². The van der Waals surface area contributed by atoms with Crippen molar-refractivity contribution in [3.8, 4) is 0 Å². The molecule has 1 aliphatic carbocycles. The molecule has 1 aliphatic rings. The molecule has 1 aromatic heterocycles. The minimum atomic E-state index is 0.702. The van der Waals surface area contributed by atoms with Gasteiger partial charge in [-0.1, -0.05) is 15.9 Å². The minimum absolute atomic E-state index is 0.702. The quantitative estimate of drug-likeness (QED) is 0.757. The lowest BCUT2D eigenvalue weighted by atomic mass is 10.1. The molecule has 0 spiro atoms. The smallest absolute Gasteiger partial charge is 0.115 e. The first-order valence-corrected chi connectivity index (χ1v) is 5.66. The molecule has 1 heterocycles. The van der Waals surface area contributed by atoms with Crippen molar-refractivity contribution in [3.63, 3.8) is 0 Å². The highest BCUT2D eigenvalue weighted by Gasteiger charge is 2.28. The molecule has 0 aromatic carbocycles. The van der Waals surface area contributed by atoms with Crippen LogP contribution >= 0.6 is 15.9 Å². The largest absolute Gasteiger partial charge is 0.245 e. The summed E-state index contributed by atoms with van der Waals surface area (Å²) in [7, 11) is 0. The maximum absolute atomic E-state index is 4.00. The van der Waals surface area contributed by atoms with E-state index in [0.717, 1.165) is 12.3 Å². The molecule has 3 heteroatoms. The van der Waals surface area contributed by atoms with Crippen LogP contribution in [0.4, 0.5) is 0 Å². The summed E-state index contributed by atoms with van der Waals surface area (Å²) in [5, 5.41) is 0. The second kappa shape index (κ2) is 4.18. The van der Waals surface area contributed by atoms with Crippen LogP contribution in [0, 0.1) is 5.92 Å². The topological polar surface area (TPSA) is 25.8 Å². The summed E-state index contributed by atoms with van der Waals surface area (Å²) in [6, 6.07) is 0. The molecule has 13 heavy (non-hydrogen) atoms. The van der Waals surface area contributed by atoms with Crippen molar-refractivity contribution in [2.45, 2.75) is 30.5 Å². The average Bonchev–Trinajstić information content (AvgIpc) is 2.99. The summed E-state index contributed by atoms with van der Waals surface area (Å²) in [6.07, 6.45) is 10.5. The van der Waals surface area contributed by atoms with Gasteiger partial charge in [0.05, 0.1) is 0 Å². The molecule has 1 saturated carbocycles. The van der Waals surface area contributed by atoms with Gasteiger partial charge in [0.1, 0.15) is 6.33 Å². The molecule has 0 aliphatic heterocycles. The summed E-state index contributed by atoms with van der Waals surface area (Å²) in [5.41, 5.74) is 1.24. The summed E-state index contributed by atoms with van der Waals surface area (Å²) >= 11 is 3.72. The van der Waals surface area contributed by atoms with E-state index in [4.69, 9.17) is 0 Å². The number of halogens is 1. The molecule has 0 N–H and O–H groups in total. The number of hydrogen-bond donors (Lipinski definition) is 0. The Kier molecular flexibility index (Phi) is 2.94. The lowest BCUT2D eigenvalue weighted by Gasteiger charge is -2.06. The molecule has 1 aromatic rings. The van der Waals surface area contributed by atoms with Crippen LogP contribution in [-0.4, -0.2) is 14.8 Å². The number of nitrogens with zero attached hydrogens (tertiary/aromatic N) is 2. The van der Waals surface area contributed by atoms with Crippen molar-refractivity contribution in [2.24, 2.45) is 5.92 Å². The van der Waals surface area contributed by atoms with Crippen LogP contribution in [0.15, 0.2) is 18.7 Å². The number of hydrogen-bond acceptors (Lipinski definition) is 2. The zero-order valence-electron chi connectivity index (χ0n) is 7.49. The monoisotopic (exact) mass is 240 g/mol. The van der Waals surface area contributed by atoms with Crippen molar-refractivity contribution in [1.82, 2.24) is 9.97 Å². The van der Waals surface area contributed by atoms with E-state index in [1.165, 1.54) is 24.8 Å². The van der Waals surface area contributed by atoms with Crippen LogP contribution in [-0.2, 0) is 6.42 Å². The lowest BCUT2D eigenvalue weighted by molar-refractivity contribution is 0.694. The van der Waals surface area contributed by atoms with Crippen LogP contribution < -0.4 is 0 Å². The maximum atomic E-state index is 4.00. The van der Waals surface area contributed by atoms with E-state index in [1.807, 2.05) is 12.4 Å². The van der Waals surface area contributed by atoms with Gasteiger partial charge < -0.3 is 0 Å². The van der Waals surface area contributed by atoms with Gasteiger partial charge in [0.15, 0.2) is 0 Å². The molecular formula is C10H13BrN2. The second-order valence-corrected chi connectivity index (χ2v) is 4.81. The van der Waals surface area contributed by atoms with E-state index in [-0.39, 0.29) is 0 Å². The maximum Gasteiger partial charge on any atom is 0.115 e. The molecule has 2 rings (SSSR count).